The fourth-order valence-corrected chi connectivity index (χ4v) is 2.43. The van der Waals surface area contributed by atoms with E-state index in [2.05, 4.69) is 53.8 Å². The molecule has 0 radical (unpaired) electrons. The summed E-state index contributed by atoms with van der Waals surface area (Å²) in [4.78, 5) is 11.4. The van der Waals surface area contributed by atoms with Crippen LogP contribution in [0, 0.1) is 6.92 Å². The van der Waals surface area contributed by atoms with Crippen molar-refractivity contribution >= 4 is 16.7 Å². The van der Waals surface area contributed by atoms with Crippen molar-refractivity contribution in [2.45, 2.75) is 46.5 Å². The first-order chi connectivity index (χ1) is 9.76. The van der Waals surface area contributed by atoms with Crippen LogP contribution in [0.4, 0.5) is 5.82 Å². The summed E-state index contributed by atoms with van der Waals surface area (Å²) in [6, 6.07) is 6.41. The maximum atomic E-state index is 4.57. The van der Waals surface area contributed by atoms with E-state index in [4.69, 9.17) is 0 Å². The number of halogens is 1. The summed E-state index contributed by atoms with van der Waals surface area (Å²) in [5.41, 5.74) is 2.30. The molecule has 1 aromatic heterocycles. The predicted molar refractivity (Wildman–Crippen MR) is 86.3 cm³/mol. The van der Waals surface area contributed by atoms with Crippen LogP contribution in [0.3, 0.4) is 0 Å². The molecule has 0 aliphatic heterocycles. The molecular weight excluding hydrogens is 282 g/mol. The van der Waals surface area contributed by atoms with E-state index >= 15 is 0 Å². The van der Waals surface area contributed by atoms with Gasteiger partial charge >= 0.3 is 0 Å². The molecule has 1 aromatic carbocycles. The van der Waals surface area contributed by atoms with E-state index in [9.17, 15) is 0 Å². The first-order valence-electron chi connectivity index (χ1n) is 7.72. The summed E-state index contributed by atoms with van der Waals surface area (Å²) < 4.78 is 0. The molecule has 0 saturated carbocycles. The topological polar surface area (TPSA) is 29.0 Å². The third kappa shape index (κ3) is 4.57. The maximum absolute atomic E-state index is 4.57. The van der Waals surface area contributed by atoms with Crippen LogP contribution in [0.15, 0.2) is 24.5 Å². The van der Waals surface area contributed by atoms with Gasteiger partial charge in [0.25, 0.3) is 0 Å². The molecule has 0 saturated heterocycles. The van der Waals surface area contributed by atoms with Gasteiger partial charge in [-0.25, -0.2) is 9.97 Å². The van der Waals surface area contributed by atoms with Crippen molar-refractivity contribution in [1.82, 2.24) is 9.97 Å². The summed E-state index contributed by atoms with van der Waals surface area (Å²) >= 11 is 0. The molecule has 0 aliphatic rings. The van der Waals surface area contributed by atoms with Crippen LogP contribution in [-0.4, -0.2) is 23.1 Å². The average molecular weight is 307 g/mol. The van der Waals surface area contributed by atoms with Gasteiger partial charge in [0.1, 0.15) is 12.1 Å². The smallest absolute Gasteiger partial charge is 0.139 e. The minimum atomic E-state index is 0. The summed E-state index contributed by atoms with van der Waals surface area (Å²) in [5.74, 6) is 1.10. The highest BCUT2D eigenvalue weighted by Gasteiger charge is 2.11. The zero-order valence-electron chi connectivity index (χ0n) is 13.3. The van der Waals surface area contributed by atoms with E-state index in [1.807, 2.05) is 0 Å². The molecule has 0 fully saturated rings. The van der Waals surface area contributed by atoms with Crippen molar-refractivity contribution < 1.29 is 12.4 Å². The van der Waals surface area contributed by atoms with E-state index in [1.54, 1.807) is 6.33 Å². The van der Waals surface area contributed by atoms with Gasteiger partial charge in [0.15, 0.2) is 0 Å². The average Bonchev–Trinajstić information content (AvgIpc) is 2.47. The lowest BCUT2D eigenvalue weighted by atomic mass is 10.1. The molecule has 3 nitrogen and oxygen atoms in total. The van der Waals surface area contributed by atoms with Crippen LogP contribution in [0.1, 0.15) is 45.1 Å². The van der Waals surface area contributed by atoms with Crippen LogP contribution < -0.4 is 17.3 Å². The SMILES string of the molecule is CCCCN(CCCC)c1ncnc2ccc(C)cc12.[Cl-]. The second kappa shape index (κ2) is 8.83. The Morgan fingerprint density at radius 2 is 1.67 bits per heavy atom. The second-order valence-electron chi connectivity index (χ2n) is 5.41. The Morgan fingerprint density at radius 1 is 1.00 bits per heavy atom. The van der Waals surface area contributed by atoms with Crippen LogP contribution >= 0.6 is 0 Å². The van der Waals surface area contributed by atoms with E-state index < -0.39 is 0 Å². The summed E-state index contributed by atoms with van der Waals surface area (Å²) in [7, 11) is 0. The highest BCUT2D eigenvalue weighted by atomic mass is 35.5. The number of fused-ring (bicyclic) bond motifs is 1. The molecular formula is C17H25ClN3-. The molecule has 1 heterocycles. The normalized spacial score (nSPS) is 10.4. The van der Waals surface area contributed by atoms with Crippen molar-refractivity contribution in [2.24, 2.45) is 0 Å². The largest absolute Gasteiger partial charge is 1.00 e. The second-order valence-corrected chi connectivity index (χ2v) is 5.41. The van der Waals surface area contributed by atoms with Gasteiger partial charge in [-0.1, -0.05) is 38.3 Å². The van der Waals surface area contributed by atoms with Crippen LogP contribution in [0.5, 0.6) is 0 Å². The molecule has 0 atom stereocenters. The van der Waals surface area contributed by atoms with Gasteiger partial charge in [0.2, 0.25) is 0 Å². The van der Waals surface area contributed by atoms with Gasteiger partial charge < -0.3 is 17.3 Å². The molecule has 2 rings (SSSR count). The van der Waals surface area contributed by atoms with Crippen molar-refractivity contribution in [3.63, 3.8) is 0 Å². The number of nitrogens with zero attached hydrogens (tertiary/aromatic N) is 3. The number of benzene rings is 1. The standard InChI is InChI=1S/C17H25N3.ClH/c1-4-6-10-20(11-7-5-2)17-15-12-14(3)8-9-16(15)18-13-19-17;/h8-9,12-13H,4-7,10-11H2,1-3H3;1H/p-1. The van der Waals surface area contributed by atoms with E-state index in [1.165, 1.54) is 36.6 Å². The van der Waals surface area contributed by atoms with E-state index in [-0.39, 0.29) is 12.4 Å². The lowest BCUT2D eigenvalue weighted by Gasteiger charge is -2.24. The number of unbranched alkanes of at least 4 members (excludes halogenated alkanes) is 2. The molecule has 4 heteroatoms. The van der Waals surface area contributed by atoms with E-state index in [0.717, 1.165) is 24.4 Å². The Labute approximate surface area is 134 Å². The highest BCUT2D eigenvalue weighted by molar-refractivity contribution is 5.89. The number of rotatable bonds is 7. The minimum absolute atomic E-state index is 0. The quantitative estimate of drug-likeness (QED) is 0.773. The zero-order chi connectivity index (χ0) is 14.4. The molecule has 21 heavy (non-hydrogen) atoms. The van der Waals surface area contributed by atoms with Gasteiger partial charge in [0, 0.05) is 18.5 Å². The number of aromatic nitrogens is 2. The molecule has 116 valence electrons. The monoisotopic (exact) mass is 306 g/mol. The van der Waals surface area contributed by atoms with Crippen molar-refractivity contribution in [3.8, 4) is 0 Å². The Hall–Kier alpha value is -1.35. The van der Waals surface area contributed by atoms with Crippen LogP contribution in [-0.2, 0) is 0 Å². The van der Waals surface area contributed by atoms with Gasteiger partial charge in [0.05, 0.1) is 5.52 Å². The number of aryl methyl sites for hydroxylation is 1. The minimum Gasteiger partial charge on any atom is -1.00 e. The fraction of sp³-hybridized carbons (Fsp3) is 0.529. The Bertz CT molecular complexity index is 549. The van der Waals surface area contributed by atoms with Crippen LogP contribution in [0.2, 0.25) is 0 Å². The van der Waals surface area contributed by atoms with Crippen LogP contribution in [0.25, 0.3) is 10.9 Å². The summed E-state index contributed by atoms with van der Waals surface area (Å²) in [5, 5.41) is 1.18. The lowest BCUT2D eigenvalue weighted by molar-refractivity contribution is -0.00000442. The molecule has 0 amide bonds. The number of hydrogen-bond donors (Lipinski definition) is 0. The molecule has 0 bridgehead atoms. The maximum Gasteiger partial charge on any atom is 0.139 e. The van der Waals surface area contributed by atoms with Crippen molar-refractivity contribution in [1.29, 1.82) is 0 Å². The zero-order valence-corrected chi connectivity index (χ0v) is 14.0. The molecule has 0 N–H and O–H groups in total. The Kier molecular flexibility index (Phi) is 7.44. The fourth-order valence-electron chi connectivity index (χ4n) is 2.43. The Balaban J connectivity index is 0.00000220. The number of hydrogen-bond acceptors (Lipinski definition) is 3. The molecule has 0 unspecified atom stereocenters. The lowest BCUT2D eigenvalue weighted by Crippen LogP contribution is -3.00. The molecule has 2 aromatic rings. The molecule has 0 aliphatic carbocycles. The van der Waals surface area contributed by atoms with Gasteiger partial charge in [-0.05, 0) is 31.9 Å². The van der Waals surface area contributed by atoms with Gasteiger partial charge in [-0.3, -0.25) is 0 Å². The third-order valence-corrected chi connectivity index (χ3v) is 3.63. The van der Waals surface area contributed by atoms with Crippen molar-refractivity contribution in [2.75, 3.05) is 18.0 Å². The van der Waals surface area contributed by atoms with Gasteiger partial charge in [-0.15, -0.1) is 0 Å². The predicted octanol–water partition coefficient (Wildman–Crippen LogP) is 1.35. The van der Waals surface area contributed by atoms with Gasteiger partial charge in [-0.2, -0.15) is 0 Å². The Morgan fingerprint density at radius 3 is 2.29 bits per heavy atom. The summed E-state index contributed by atoms with van der Waals surface area (Å²) in [6.07, 6.45) is 6.54. The summed E-state index contributed by atoms with van der Waals surface area (Å²) in [6.45, 7) is 8.76. The molecule has 0 spiro atoms. The first kappa shape index (κ1) is 17.7. The first-order valence-corrected chi connectivity index (χ1v) is 7.72. The van der Waals surface area contributed by atoms with E-state index in [0.29, 0.717) is 0 Å². The van der Waals surface area contributed by atoms with Crippen molar-refractivity contribution in [3.05, 3.63) is 30.1 Å². The highest BCUT2D eigenvalue weighted by Crippen LogP contribution is 2.24. The third-order valence-electron chi connectivity index (χ3n) is 3.63. The number of anilines is 1.